The molecule has 0 spiro atoms. The molecule has 41 heavy (non-hydrogen) atoms. The van der Waals surface area contributed by atoms with Crippen LogP contribution in [0.3, 0.4) is 0 Å². The summed E-state index contributed by atoms with van der Waals surface area (Å²) in [6.07, 6.45) is 4.97. The highest BCUT2D eigenvalue weighted by atomic mass is 32.2. The Labute approximate surface area is 240 Å². The van der Waals surface area contributed by atoms with Crippen LogP contribution in [-0.4, -0.2) is 52.1 Å². The van der Waals surface area contributed by atoms with E-state index >= 15 is 0 Å². The normalized spacial score (nSPS) is 20.5. The van der Waals surface area contributed by atoms with Crippen LogP contribution in [0.25, 0.3) is 0 Å². The number of hydrogen-bond donors (Lipinski definition) is 0. The number of aromatic nitrogens is 1. The Balaban J connectivity index is 0.000000426. The van der Waals surface area contributed by atoms with Gasteiger partial charge in [0, 0.05) is 30.3 Å². The number of pyridine rings is 1. The maximum absolute atomic E-state index is 12.8. The summed E-state index contributed by atoms with van der Waals surface area (Å²) in [6, 6.07) is 26.1. The largest absolute Gasteiger partial charge is 0.741 e. The van der Waals surface area contributed by atoms with E-state index in [0.29, 0.717) is 5.92 Å². The van der Waals surface area contributed by atoms with E-state index in [4.69, 9.17) is 22.7 Å². The quantitative estimate of drug-likeness (QED) is 0.191. The molecule has 0 aliphatic carbocycles. The Morgan fingerprint density at radius 2 is 1.49 bits per heavy atom. The highest BCUT2D eigenvalue weighted by molar-refractivity contribution is 7.97. The fourth-order valence-electron chi connectivity index (χ4n) is 5.17. The third kappa shape index (κ3) is 7.41. The molecule has 3 atom stereocenters. The first kappa shape index (κ1) is 30.9. The van der Waals surface area contributed by atoms with E-state index in [9.17, 15) is 18.0 Å². The molecule has 0 radical (unpaired) electrons. The predicted octanol–water partition coefficient (Wildman–Crippen LogP) is 6.48. The van der Waals surface area contributed by atoms with Crippen molar-refractivity contribution in [2.75, 3.05) is 0 Å². The molecule has 0 N–H and O–H groups in total. The van der Waals surface area contributed by atoms with Crippen LogP contribution >= 0.6 is 0 Å². The summed E-state index contributed by atoms with van der Waals surface area (Å²) in [5.74, 6) is 0.327. The van der Waals surface area contributed by atoms with Crippen LogP contribution in [0.4, 0.5) is 18.0 Å². The summed E-state index contributed by atoms with van der Waals surface area (Å²) in [4.78, 5) is 22.3. The third-order valence-corrected chi connectivity index (χ3v) is 9.49. The second kappa shape index (κ2) is 12.0. The van der Waals surface area contributed by atoms with Crippen molar-refractivity contribution in [2.24, 2.45) is 0 Å². The van der Waals surface area contributed by atoms with Crippen molar-refractivity contribution in [3.8, 4) is 0 Å². The van der Waals surface area contributed by atoms with Crippen LogP contribution in [0.5, 0.6) is 0 Å². The van der Waals surface area contributed by atoms with Crippen molar-refractivity contribution in [1.82, 2.24) is 9.88 Å². The van der Waals surface area contributed by atoms with Gasteiger partial charge in [0.25, 0.3) is 5.03 Å². The Morgan fingerprint density at radius 1 is 0.951 bits per heavy atom. The number of halogens is 3. The Bertz CT molecular complexity index is 1390. The van der Waals surface area contributed by atoms with E-state index in [-0.39, 0.29) is 29.1 Å². The van der Waals surface area contributed by atoms with Gasteiger partial charge in [-0.1, -0.05) is 42.5 Å². The average Bonchev–Trinajstić information content (AvgIpc) is 3.48. The number of nitrogens with zero attached hydrogens (tertiary/aromatic N) is 2. The number of carbonyl (C=O) groups is 1. The zero-order valence-corrected chi connectivity index (χ0v) is 24.4. The molecule has 2 aliphatic heterocycles. The molecule has 5 rings (SSSR count). The molecular weight excluding hydrogens is 577 g/mol. The lowest BCUT2D eigenvalue weighted by Gasteiger charge is -2.28. The van der Waals surface area contributed by atoms with Gasteiger partial charge in [0.1, 0.15) is 16.5 Å². The maximum atomic E-state index is 12.8. The van der Waals surface area contributed by atoms with E-state index in [0.717, 1.165) is 24.3 Å². The van der Waals surface area contributed by atoms with Crippen LogP contribution in [-0.2, 0) is 25.7 Å². The predicted molar refractivity (Wildman–Crippen MR) is 147 cm³/mol. The minimum absolute atomic E-state index is 0.170. The first-order valence-corrected chi connectivity index (χ1v) is 15.6. The fourth-order valence-corrected chi connectivity index (χ4v) is 7.14. The first-order chi connectivity index (χ1) is 19.2. The lowest BCUT2D eigenvalue weighted by atomic mass is 9.85. The fraction of sp³-hybridized carbons (Fsp3) is 0.379. The maximum Gasteiger partial charge on any atom is 0.485 e. The summed E-state index contributed by atoms with van der Waals surface area (Å²) in [7, 11) is -6.34. The summed E-state index contributed by atoms with van der Waals surface area (Å²) in [5, 5.41) is 1.07. The van der Waals surface area contributed by atoms with Crippen molar-refractivity contribution in [1.29, 1.82) is 0 Å². The van der Waals surface area contributed by atoms with Gasteiger partial charge in [0.05, 0.1) is 0 Å². The van der Waals surface area contributed by atoms with Crippen molar-refractivity contribution < 1.29 is 35.7 Å². The number of rotatable bonds is 4. The summed E-state index contributed by atoms with van der Waals surface area (Å²) >= 11 is 0. The van der Waals surface area contributed by atoms with Crippen molar-refractivity contribution >= 4 is 27.1 Å². The van der Waals surface area contributed by atoms with Crippen LogP contribution in [0.1, 0.15) is 51.5 Å². The van der Waals surface area contributed by atoms with Gasteiger partial charge in [-0.25, -0.2) is 18.2 Å². The molecule has 2 bridgehead atoms. The molecule has 2 aliphatic rings. The lowest BCUT2D eigenvalue weighted by Crippen LogP contribution is -2.40. The molecule has 3 aromatic rings. The minimum Gasteiger partial charge on any atom is -0.741 e. The Morgan fingerprint density at radius 3 is 1.93 bits per heavy atom. The first-order valence-electron chi connectivity index (χ1n) is 13.0. The highest BCUT2D eigenvalue weighted by Gasteiger charge is 2.50. The standard InChI is InChI=1S/C28H31N2O2S.CHF3O3S/c1-28(2,3)32-27(31)30-21-15-16-25(30)24(18-21)20-14-17-26(29-19-20)33(22-10-6-4-7-11-22)23-12-8-5-9-13-23;2-1(3,4)8(5,6)7/h4-14,17,19,21,24-25H,15-16,18H2,1-3H3;(H,5,6,7)/q+1;/p-1/t21-,24-,25-;/m0./s1. The number of alkyl halides is 3. The molecule has 220 valence electrons. The molecule has 2 saturated heterocycles. The average molecular weight is 609 g/mol. The van der Waals surface area contributed by atoms with Crippen molar-refractivity contribution in [2.45, 2.75) is 84.0 Å². The zero-order chi connectivity index (χ0) is 30.0. The molecule has 1 aromatic heterocycles. The van der Waals surface area contributed by atoms with E-state index in [1.54, 1.807) is 0 Å². The molecule has 0 unspecified atom stereocenters. The molecule has 2 aromatic carbocycles. The number of amides is 1. The van der Waals surface area contributed by atoms with Gasteiger partial charge < -0.3 is 14.2 Å². The van der Waals surface area contributed by atoms with Gasteiger partial charge in [-0.3, -0.25) is 0 Å². The zero-order valence-electron chi connectivity index (χ0n) is 22.7. The van der Waals surface area contributed by atoms with Crippen LogP contribution in [0, 0.1) is 0 Å². The van der Waals surface area contributed by atoms with Crippen LogP contribution in [0.2, 0.25) is 0 Å². The summed E-state index contributed by atoms with van der Waals surface area (Å²) in [6.45, 7) is 5.79. The summed E-state index contributed by atoms with van der Waals surface area (Å²) < 4.78 is 64.6. The molecule has 7 nitrogen and oxygen atoms in total. The molecule has 2 fully saturated rings. The Hall–Kier alpha value is -3.09. The topological polar surface area (TPSA) is 99.6 Å². The highest BCUT2D eigenvalue weighted by Crippen LogP contribution is 2.47. The van der Waals surface area contributed by atoms with Crippen molar-refractivity contribution in [3.63, 3.8) is 0 Å². The molecule has 3 heterocycles. The second-order valence-electron chi connectivity index (χ2n) is 10.8. The van der Waals surface area contributed by atoms with E-state index in [2.05, 4.69) is 72.8 Å². The van der Waals surface area contributed by atoms with Gasteiger partial charge in [-0.15, -0.1) is 0 Å². The number of ether oxygens (including phenoxy) is 1. The van der Waals surface area contributed by atoms with Gasteiger partial charge >= 0.3 is 11.6 Å². The molecular formula is C29H31F3N2O5S2. The van der Waals surface area contributed by atoms with Gasteiger partial charge in [0.2, 0.25) is 0 Å². The second-order valence-corrected chi connectivity index (χ2v) is 14.1. The van der Waals surface area contributed by atoms with Gasteiger partial charge in [0.15, 0.2) is 19.9 Å². The molecule has 0 saturated carbocycles. The van der Waals surface area contributed by atoms with Crippen LogP contribution < -0.4 is 0 Å². The number of benzene rings is 2. The number of hydrogen-bond acceptors (Lipinski definition) is 6. The van der Waals surface area contributed by atoms with E-state index in [1.807, 2.05) is 31.9 Å². The lowest BCUT2D eigenvalue weighted by molar-refractivity contribution is -0.0517. The molecule has 12 heteroatoms. The van der Waals surface area contributed by atoms with E-state index in [1.165, 1.54) is 15.4 Å². The number of carbonyl (C=O) groups excluding carboxylic acids is 1. The van der Waals surface area contributed by atoms with Crippen LogP contribution in [0.15, 0.2) is 93.8 Å². The smallest absolute Gasteiger partial charge is 0.485 e. The molecule has 1 amide bonds. The third-order valence-electron chi connectivity index (χ3n) is 6.78. The summed E-state index contributed by atoms with van der Waals surface area (Å²) in [5.41, 5.74) is -4.89. The van der Waals surface area contributed by atoms with Crippen molar-refractivity contribution in [3.05, 3.63) is 84.6 Å². The Kier molecular flexibility index (Phi) is 9.05. The minimum atomic E-state index is -6.09. The number of fused-ring (bicyclic) bond motifs is 2. The SMILES string of the molecule is CC(C)(C)OC(=O)N1[C@H]2CC[C@H]1[C@H](c1ccc([S+](c3ccccc3)c3ccccc3)nc1)C2.O=S(=O)([O-])C(F)(F)F. The van der Waals surface area contributed by atoms with Gasteiger partial charge in [-0.2, -0.15) is 13.2 Å². The monoisotopic (exact) mass is 608 g/mol. The van der Waals surface area contributed by atoms with E-state index < -0.39 is 21.2 Å². The van der Waals surface area contributed by atoms with Gasteiger partial charge in [-0.05, 0) is 69.9 Å².